The minimum atomic E-state index is -0.655. The van der Waals surface area contributed by atoms with Gasteiger partial charge in [-0.25, -0.2) is 13.9 Å². The maximum atomic E-state index is 15.7. The van der Waals surface area contributed by atoms with E-state index in [1.54, 1.807) is 42.0 Å². The minimum absolute atomic E-state index is 0.0333. The van der Waals surface area contributed by atoms with E-state index in [1.165, 1.54) is 17.7 Å². The third kappa shape index (κ3) is 6.98. The number of benzene rings is 2. The van der Waals surface area contributed by atoms with Gasteiger partial charge in [-0.15, -0.1) is 0 Å². The average molecular weight is 735 g/mol. The van der Waals surface area contributed by atoms with Crippen LogP contribution in [0, 0.1) is 5.82 Å². The fourth-order valence-electron chi connectivity index (χ4n) is 6.96. The maximum Gasteiger partial charge on any atom is 0.277 e. The summed E-state index contributed by atoms with van der Waals surface area (Å²) in [6, 6.07) is 14.1. The summed E-state index contributed by atoms with van der Waals surface area (Å²) in [4.78, 5) is 29.4. The number of carbonyl (C=O) groups is 1. The summed E-state index contributed by atoms with van der Waals surface area (Å²) in [6.45, 7) is 3.04. The molecule has 0 spiro atoms. The summed E-state index contributed by atoms with van der Waals surface area (Å²) in [5, 5.41) is 24.9. The number of nitrogens with one attached hydrogen (secondary N) is 3. The molecule has 1 unspecified atom stereocenters. The third-order valence-corrected chi connectivity index (χ3v) is 10.5. The molecule has 266 valence electrons. The first kappa shape index (κ1) is 35.1. The van der Waals surface area contributed by atoms with Gasteiger partial charge in [-0.1, -0.05) is 59.6 Å². The quantitative estimate of drug-likeness (QED) is 0.145. The zero-order chi connectivity index (χ0) is 36.0. The molecule has 4 heterocycles. The van der Waals surface area contributed by atoms with E-state index in [2.05, 4.69) is 20.9 Å². The summed E-state index contributed by atoms with van der Waals surface area (Å²) in [5.41, 5.74) is 3.02. The number of ether oxygens (including phenoxy) is 1. The van der Waals surface area contributed by atoms with Crippen molar-refractivity contribution in [3.05, 3.63) is 92.3 Å². The second-order valence-corrected chi connectivity index (χ2v) is 14.3. The van der Waals surface area contributed by atoms with Gasteiger partial charge in [0.15, 0.2) is 0 Å². The predicted octanol–water partition coefficient (Wildman–Crippen LogP) is 5.25. The van der Waals surface area contributed by atoms with Crippen LogP contribution in [0.3, 0.4) is 0 Å². The van der Waals surface area contributed by atoms with Gasteiger partial charge in [-0.2, -0.15) is 5.10 Å². The van der Waals surface area contributed by atoms with Gasteiger partial charge >= 0.3 is 0 Å². The lowest BCUT2D eigenvalue weighted by molar-refractivity contribution is -0.119. The highest BCUT2D eigenvalue weighted by atomic mass is 35.5. The molecule has 0 radical (unpaired) electrons. The lowest BCUT2D eigenvalue weighted by atomic mass is 9.77. The van der Waals surface area contributed by atoms with Gasteiger partial charge in [0.05, 0.1) is 29.3 Å². The Hall–Kier alpha value is -4.33. The zero-order valence-corrected chi connectivity index (χ0v) is 29.9. The van der Waals surface area contributed by atoms with E-state index < -0.39 is 11.4 Å². The molecule has 1 atom stereocenters. The van der Waals surface area contributed by atoms with Crippen molar-refractivity contribution in [2.75, 3.05) is 13.7 Å². The molecule has 2 aliphatic rings. The number of hydrogen-bond acceptors (Lipinski definition) is 8. The number of aliphatic hydroxyl groups is 1. The third-order valence-electron chi connectivity index (χ3n) is 9.71. The van der Waals surface area contributed by atoms with Crippen molar-refractivity contribution in [1.29, 1.82) is 0 Å². The minimum Gasteiger partial charge on any atom is -0.481 e. The van der Waals surface area contributed by atoms with Crippen molar-refractivity contribution in [3.8, 4) is 39.4 Å². The molecule has 1 amide bonds. The highest BCUT2D eigenvalue weighted by molar-refractivity contribution is 6.39. The number of aromatic nitrogens is 4. The normalized spacial score (nSPS) is 20.1. The molecule has 2 fully saturated rings. The summed E-state index contributed by atoms with van der Waals surface area (Å²) in [6.07, 6.45) is 4.31. The number of hydrogen-bond donors (Lipinski definition) is 4. The molecule has 51 heavy (non-hydrogen) atoms. The van der Waals surface area contributed by atoms with E-state index in [9.17, 15) is 14.7 Å². The van der Waals surface area contributed by atoms with Crippen molar-refractivity contribution >= 4 is 34.6 Å². The molecule has 4 N–H and O–H groups in total. The topological polar surface area (TPSA) is 135 Å². The van der Waals surface area contributed by atoms with E-state index in [0.29, 0.717) is 88.6 Å². The highest BCUT2D eigenvalue weighted by Gasteiger charge is 2.38. The van der Waals surface area contributed by atoms with E-state index >= 15 is 4.39 Å². The number of fused-ring (bicyclic) bond motifs is 1. The van der Waals surface area contributed by atoms with Gasteiger partial charge in [0.2, 0.25) is 11.8 Å². The van der Waals surface area contributed by atoms with Gasteiger partial charge in [-0.3, -0.25) is 14.2 Å². The Balaban J connectivity index is 1.16. The molecule has 7 rings (SSSR count). The van der Waals surface area contributed by atoms with Crippen LogP contribution in [0.5, 0.6) is 5.88 Å². The highest BCUT2D eigenvalue weighted by Crippen LogP contribution is 2.43. The first-order chi connectivity index (χ1) is 24.4. The molecule has 1 saturated carbocycles. The van der Waals surface area contributed by atoms with E-state index in [1.807, 2.05) is 25.1 Å². The van der Waals surface area contributed by atoms with Crippen molar-refractivity contribution in [3.63, 3.8) is 0 Å². The summed E-state index contributed by atoms with van der Waals surface area (Å²) in [7, 11) is 3.17. The molecule has 5 aromatic rings. The van der Waals surface area contributed by atoms with Crippen LogP contribution in [0.25, 0.3) is 39.0 Å². The van der Waals surface area contributed by atoms with Crippen LogP contribution in [-0.2, 0) is 24.9 Å². The van der Waals surface area contributed by atoms with Crippen LogP contribution in [-0.4, -0.2) is 61.5 Å². The fraction of sp³-hybridized carbons (Fsp3) is 0.351. The molecule has 2 aromatic carbocycles. The monoisotopic (exact) mass is 733 g/mol. The summed E-state index contributed by atoms with van der Waals surface area (Å²) in [5.74, 6) is 0.285. The summed E-state index contributed by atoms with van der Waals surface area (Å²) < 4.78 is 24.3. The van der Waals surface area contributed by atoms with Gasteiger partial charge < -0.3 is 25.8 Å². The molecule has 11 nitrogen and oxygen atoms in total. The zero-order valence-electron chi connectivity index (χ0n) is 28.4. The number of pyridine rings is 1. The Morgan fingerprint density at radius 3 is 2.41 bits per heavy atom. The fourth-order valence-corrected chi connectivity index (χ4v) is 7.61. The maximum absolute atomic E-state index is 15.7. The van der Waals surface area contributed by atoms with E-state index in [-0.39, 0.29) is 40.1 Å². The van der Waals surface area contributed by atoms with Crippen LogP contribution in [0.4, 0.5) is 4.39 Å². The SMILES string of the molecule is COc1nc(-c2cccc(-c3cccc(-c4cc5c(=O)n(C)c(CNC6CC(C)(O)C6)nn5c4)c3Cl)c2Cl)c(F)cc1CNCC1CCC(=O)N1. The first-order valence-electron chi connectivity index (χ1n) is 16.8. The first-order valence-corrected chi connectivity index (χ1v) is 17.5. The molecule has 1 aliphatic carbocycles. The molecule has 3 aromatic heterocycles. The number of amides is 1. The van der Waals surface area contributed by atoms with E-state index in [4.69, 9.17) is 33.0 Å². The number of carbonyl (C=O) groups excluding carboxylic acids is 1. The van der Waals surface area contributed by atoms with Crippen LogP contribution >= 0.6 is 23.2 Å². The van der Waals surface area contributed by atoms with Crippen LogP contribution < -0.4 is 26.2 Å². The number of methoxy groups -OCH3 is 1. The van der Waals surface area contributed by atoms with Crippen molar-refractivity contribution in [1.82, 2.24) is 35.1 Å². The van der Waals surface area contributed by atoms with E-state index in [0.717, 1.165) is 6.42 Å². The Labute approximate surface area is 303 Å². The van der Waals surface area contributed by atoms with Gasteiger partial charge in [0.25, 0.3) is 5.56 Å². The average Bonchev–Trinajstić information content (AvgIpc) is 3.71. The largest absolute Gasteiger partial charge is 0.481 e. The van der Waals surface area contributed by atoms with Crippen LogP contribution in [0.1, 0.15) is 44.0 Å². The summed E-state index contributed by atoms with van der Waals surface area (Å²) >= 11 is 14.1. The predicted molar refractivity (Wildman–Crippen MR) is 194 cm³/mol. The Bertz CT molecular complexity index is 2210. The second kappa shape index (κ2) is 14.0. The number of rotatable bonds is 11. The molecule has 1 aliphatic heterocycles. The van der Waals surface area contributed by atoms with Gasteiger partial charge in [0, 0.05) is 78.2 Å². The molecular weight excluding hydrogens is 696 g/mol. The lowest BCUT2D eigenvalue weighted by Crippen LogP contribution is -2.51. The Morgan fingerprint density at radius 1 is 1.06 bits per heavy atom. The Kier molecular flexibility index (Phi) is 9.63. The van der Waals surface area contributed by atoms with Crippen molar-refractivity contribution < 1.29 is 19.0 Å². The van der Waals surface area contributed by atoms with Crippen LogP contribution in [0.15, 0.2) is 59.5 Å². The Morgan fingerprint density at radius 2 is 1.75 bits per heavy atom. The second-order valence-electron chi connectivity index (χ2n) is 13.6. The van der Waals surface area contributed by atoms with Gasteiger partial charge in [0.1, 0.15) is 22.9 Å². The molecule has 1 saturated heterocycles. The number of halogens is 3. The van der Waals surface area contributed by atoms with Gasteiger partial charge in [-0.05, 0) is 38.3 Å². The standard InChI is InChI=1S/C37H38Cl2FN7O4/c1-37(50)14-23(15-37)42-18-30-45-47-19-21(13-29(47)36(49)46(30)2)24-6-4-7-25(32(24)38)26-8-5-9-27(33(26)39)34-28(40)12-20(35(44-34)51-3)16-41-17-22-10-11-31(48)43-22/h4-9,12-13,19,22-23,41-42,50H,10-11,14-18H2,1-3H3,(H,43,48). The number of nitrogens with zero attached hydrogens (tertiary/aromatic N) is 4. The van der Waals surface area contributed by atoms with Crippen molar-refractivity contribution in [2.45, 2.75) is 63.4 Å². The molecular formula is C37H38Cl2FN7O4. The van der Waals surface area contributed by atoms with Crippen LogP contribution in [0.2, 0.25) is 10.0 Å². The molecule has 0 bridgehead atoms. The molecule has 14 heteroatoms. The van der Waals surface area contributed by atoms with Crippen molar-refractivity contribution in [2.24, 2.45) is 7.05 Å². The smallest absolute Gasteiger partial charge is 0.277 e. The lowest BCUT2D eigenvalue weighted by Gasteiger charge is -2.41.